The Bertz CT molecular complexity index is 976. The van der Waals surface area contributed by atoms with Crippen molar-refractivity contribution in [1.82, 2.24) is 14.9 Å². The molecule has 0 radical (unpaired) electrons. The molecule has 1 heterocycles. The molecule has 1 aromatic heterocycles. The van der Waals surface area contributed by atoms with Crippen molar-refractivity contribution in [3.05, 3.63) is 83.9 Å². The number of rotatable bonds is 8. The number of nitrogens with one attached hydrogen (secondary N) is 2. The third-order valence-electron chi connectivity index (χ3n) is 4.99. The van der Waals surface area contributed by atoms with Gasteiger partial charge in [-0.3, -0.25) is 9.59 Å². The van der Waals surface area contributed by atoms with Crippen LogP contribution in [-0.4, -0.2) is 27.9 Å². The second kappa shape index (κ2) is 8.73. The SMILES string of the molecule is O=C(NCCc1nccn1Cc1ccccc1)c1ccc(NC(=O)C2CC2)cc1. The molecule has 1 aliphatic rings. The lowest BCUT2D eigenvalue weighted by Crippen LogP contribution is -2.26. The molecule has 1 aliphatic carbocycles. The first-order chi connectivity index (χ1) is 14.2. The van der Waals surface area contributed by atoms with Gasteiger partial charge in [-0.1, -0.05) is 30.3 Å². The fourth-order valence-electron chi connectivity index (χ4n) is 3.18. The molecule has 3 aromatic rings. The van der Waals surface area contributed by atoms with Crippen LogP contribution in [0.4, 0.5) is 5.69 Å². The van der Waals surface area contributed by atoms with Gasteiger partial charge in [0.25, 0.3) is 5.91 Å². The summed E-state index contributed by atoms with van der Waals surface area (Å²) in [6, 6.07) is 17.2. The van der Waals surface area contributed by atoms with E-state index in [1.165, 1.54) is 5.56 Å². The molecule has 0 spiro atoms. The van der Waals surface area contributed by atoms with Crippen LogP contribution < -0.4 is 10.6 Å². The van der Waals surface area contributed by atoms with Crippen LogP contribution in [-0.2, 0) is 17.8 Å². The second-order valence-electron chi connectivity index (χ2n) is 7.30. The average Bonchev–Trinajstić information content (AvgIpc) is 3.51. The standard InChI is InChI=1S/C23H24N4O2/c28-22(18-8-10-20(11-9-18)26-23(29)19-6-7-19)25-13-12-21-24-14-15-27(21)16-17-4-2-1-3-5-17/h1-5,8-11,14-15,19H,6-7,12-13,16H2,(H,25,28)(H,26,29). The first-order valence-electron chi connectivity index (χ1n) is 9.92. The maximum Gasteiger partial charge on any atom is 0.251 e. The van der Waals surface area contributed by atoms with E-state index in [1.807, 2.05) is 24.4 Å². The number of aromatic nitrogens is 2. The summed E-state index contributed by atoms with van der Waals surface area (Å²) in [6.07, 6.45) is 6.33. The van der Waals surface area contributed by atoms with E-state index in [4.69, 9.17) is 0 Å². The van der Waals surface area contributed by atoms with Crippen LogP contribution in [0.2, 0.25) is 0 Å². The molecular formula is C23H24N4O2. The smallest absolute Gasteiger partial charge is 0.251 e. The minimum atomic E-state index is -0.133. The van der Waals surface area contributed by atoms with Crippen LogP contribution in [0.25, 0.3) is 0 Å². The zero-order valence-electron chi connectivity index (χ0n) is 16.2. The molecule has 0 bridgehead atoms. The molecule has 0 saturated heterocycles. The van der Waals surface area contributed by atoms with Crippen molar-refractivity contribution in [2.45, 2.75) is 25.8 Å². The van der Waals surface area contributed by atoms with Crippen molar-refractivity contribution in [3.8, 4) is 0 Å². The van der Waals surface area contributed by atoms with Gasteiger partial charge in [0.2, 0.25) is 5.91 Å². The topological polar surface area (TPSA) is 76.0 Å². The molecule has 2 amide bonds. The zero-order chi connectivity index (χ0) is 20.1. The first kappa shape index (κ1) is 18.9. The number of hydrogen-bond donors (Lipinski definition) is 2. The van der Waals surface area contributed by atoms with E-state index < -0.39 is 0 Å². The van der Waals surface area contributed by atoms with Gasteiger partial charge in [-0.15, -0.1) is 0 Å². The lowest BCUT2D eigenvalue weighted by Gasteiger charge is -2.09. The highest BCUT2D eigenvalue weighted by Crippen LogP contribution is 2.30. The van der Waals surface area contributed by atoms with Crippen molar-refractivity contribution < 1.29 is 9.59 Å². The Morgan fingerprint density at radius 3 is 2.52 bits per heavy atom. The number of carbonyl (C=O) groups is 2. The average molecular weight is 388 g/mol. The number of anilines is 1. The Morgan fingerprint density at radius 2 is 1.79 bits per heavy atom. The Kier molecular flexibility index (Phi) is 5.70. The molecule has 0 unspecified atom stereocenters. The number of amides is 2. The van der Waals surface area contributed by atoms with Gasteiger partial charge in [0, 0.05) is 49.1 Å². The van der Waals surface area contributed by atoms with E-state index in [0.29, 0.717) is 18.5 Å². The van der Waals surface area contributed by atoms with Crippen LogP contribution in [0.3, 0.4) is 0 Å². The molecule has 6 heteroatoms. The van der Waals surface area contributed by atoms with Crippen LogP contribution in [0.1, 0.15) is 34.6 Å². The highest BCUT2D eigenvalue weighted by molar-refractivity contribution is 5.96. The van der Waals surface area contributed by atoms with Crippen molar-refractivity contribution in [2.75, 3.05) is 11.9 Å². The first-order valence-corrected chi connectivity index (χ1v) is 9.92. The lowest BCUT2D eigenvalue weighted by atomic mass is 10.2. The number of imidazole rings is 1. The maximum absolute atomic E-state index is 12.4. The zero-order valence-corrected chi connectivity index (χ0v) is 16.2. The summed E-state index contributed by atoms with van der Waals surface area (Å²) in [5.74, 6) is 1.03. The van der Waals surface area contributed by atoms with Gasteiger partial charge >= 0.3 is 0 Å². The molecule has 0 atom stereocenters. The summed E-state index contributed by atoms with van der Waals surface area (Å²) in [5.41, 5.74) is 2.51. The molecule has 2 N–H and O–H groups in total. The monoisotopic (exact) mass is 388 g/mol. The number of carbonyl (C=O) groups excluding carboxylic acids is 2. The number of benzene rings is 2. The van der Waals surface area contributed by atoms with E-state index in [0.717, 1.165) is 30.9 Å². The van der Waals surface area contributed by atoms with Crippen molar-refractivity contribution in [1.29, 1.82) is 0 Å². The quantitative estimate of drug-likeness (QED) is 0.622. The highest BCUT2D eigenvalue weighted by Gasteiger charge is 2.29. The molecule has 4 rings (SSSR count). The molecular weight excluding hydrogens is 364 g/mol. The van der Waals surface area contributed by atoms with Crippen molar-refractivity contribution in [3.63, 3.8) is 0 Å². The molecule has 148 valence electrons. The third kappa shape index (κ3) is 5.10. The Hall–Kier alpha value is -3.41. The van der Waals surface area contributed by atoms with Gasteiger partial charge in [-0.25, -0.2) is 4.98 Å². The van der Waals surface area contributed by atoms with Crippen LogP contribution in [0.5, 0.6) is 0 Å². The third-order valence-corrected chi connectivity index (χ3v) is 4.99. The summed E-state index contributed by atoms with van der Waals surface area (Å²) in [7, 11) is 0. The number of nitrogens with zero attached hydrogens (tertiary/aromatic N) is 2. The minimum Gasteiger partial charge on any atom is -0.352 e. The molecule has 0 aliphatic heterocycles. The summed E-state index contributed by atoms with van der Waals surface area (Å²) < 4.78 is 2.10. The summed E-state index contributed by atoms with van der Waals surface area (Å²) >= 11 is 0. The molecule has 1 saturated carbocycles. The van der Waals surface area contributed by atoms with Gasteiger partial charge < -0.3 is 15.2 Å². The van der Waals surface area contributed by atoms with Gasteiger partial charge in [0.05, 0.1) is 0 Å². The predicted molar refractivity (Wildman–Crippen MR) is 112 cm³/mol. The van der Waals surface area contributed by atoms with Crippen LogP contribution in [0, 0.1) is 5.92 Å². The van der Waals surface area contributed by atoms with Crippen molar-refractivity contribution in [2.24, 2.45) is 5.92 Å². The van der Waals surface area contributed by atoms with Crippen molar-refractivity contribution >= 4 is 17.5 Å². The summed E-state index contributed by atoms with van der Waals surface area (Å²) in [6.45, 7) is 1.27. The second-order valence-corrected chi connectivity index (χ2v) is 7.30. The lowest BCUT2D eigenvalue weighted by molar-refractivity contribution is -0.117. The van der Waals surface area contributed by atoms with E-state index in [-0.39, 0.29) is 17.7 Å². The Morgan fingerprint density at radius 1 is 1.03 bits per heavy atom. The van der Waals surface area contributed by atoms with E-state index >= 15 is 0 Å². The van der Waals surface area contributed by atoms with Gasteiger partial charge in [0.1, 0.15) is 5.82 Å². The Balaban J connectivity index is 1.27. The molecule has 6 nitrogen and oxygen atoms in total. The van der Waals surface area contributed by atoms with Crippen LogP contribution >= 0.6 is 0 Å². The predicted octanol–water partition coefficient (Wildman–Crippen LogP) is 3.25. The normalized spacial score (nSPS) is 13.1. The highest BCUT2D eigenvalue weighted by atomic mass is 16.2. The summed E-state index contributed by atoms with van der Waals surface area (Å²) in [5, 5.41) is 5.81. The largest absolute Gasteiger partial charge is 0.352 e. The van der Waals surface area contributed by atoms with Gasteiger partial charge in [-0.2, -0.15) is 0 Å². The van der Waals surface area contributed by atoms with Crippen LogP contribution in [0.15, 0.2) is 67.0 Å². The minimum absolute atomic E-state index is 0.0632. The molecule has 29 heavy (non-hydrogen) atoms. The maximum atomic E-state index is 12.4. The van der Waals surface area contributed by atoms with E-state index in [1.54, 1.807) is 30.5 Å². The van der Waals surface area contributed by atoms with E-state index in [2.05, 4.69) is 32.3 Å². The summed E-state index contributed by atoms with van der Waals surface area (Å²) in [4.78, 5) is 28.6. The molecule has 2 aromatic carbocycles. The van der Waals surface area contributed by atoms with Gasteiger partial charge in [0.15, 0.2) is 0 Å². The van der Waals surface area contributed by atoms with E-state index in [9.17, 15) is 9.59 Å². The number of hydrogen-bond acceptors (Lipinski definition) is 3. The molecule has 1 fully saturated rings. The fraction of sp³-hybridized carbons (Fsp3) is 0.261. The fourth-order valence-corrected chi connectivity index (χ4v) is 3.18. The van der Waals surface area contributed by atoms with Gasteiger partial charge in [-0.05, 0) is 42.7 Å². The Labute approximate surface area is 170 Å².